The summed E-state index contributed by atoms with van der Waals surface area (Å²) in [6.45, 7) is 8.39. The molecule has 0 atom stereocenters. The molecule has 1 heterocycles. The maximum atomic E-state index is 5.67. The lowest BCUT2D eigenvalue weighted by molar-refractivity contribution is 0.460. The van der Waals surface area contributed by atoms with Gasteiger partial charge in [0.05, 0.1) is 5.39 Å². The molecule has 2 rings (SSSR count). The molecule has 0 aliphatic heterocycles. The number of rotatable bonds is 2. The van der Waals surface area contributed by atoms with E-state index in [0.717, 1.165) is 17.4 Å². The highest BCUT2D eigenvalue weighted by Gasteiger charge is 2.06. The predicted octanol–water partition coefficient (Wildman–Crippen LogP) is 3.63. The zero-order valence-electron chi connectivity index (χ0n) is 10.4. The van der Waals surface area contributed by atoms with E-state index in [1.165, 1.54) is 5.56 Å². The summed E-state index contributed by atoms with van der Waals surface area (Å²) in [6, 6.07) is 6.05. The summed E-state index contributed by atoms with van der Waals surface area (Å²) in [5, 5.41) is 4.64. The zero-order chi connectivity index (χ0) is 12.1. The Balaban J connectivity index is 0.000000606. The first-order valence-corrected chi connectivity index (χ1v) is 5.80. The van der Waals surface area contributed by atoms with Crippen molar-refractivity contribution in [3.8, 4) is 0 Å². The summed E-state index contributed by atoms with van der Waals surface area (Å²) in [6.07, 6.45) is 1.06. The van der Waals surface area contributed by atoms with Crippen LogP contribution in [0.1, 0.15) is 33.3 Å². The van der Waals surface area contributed by atoms with Crippen molar-refractivity contribution in [1.29, 1.82) is 0 Å². The van der Waals surface area contributed by atoms with Crippen molar-refractivity contribution in [2.75, 3.05) is 5.73 Å². The first-order valence-electron chi connectivity index (χ1n) is 5.80. The van der Waals surface area contributed by atoms with Crippen molar-refractivity contribution in [3.05, 3.63) is 23.8 Å². The molecule has 1 aromatic carbocycles. The fourth-order valence-corrected chi connectivity index (χ4v) is 1.60. The van der Waals surface area contributed by atoms with Gasteiger partial charge in [0, 0.05) is 0 Å². The number of nitrogens with two attached hydrogens (primary N) is 1. The van der Waals surface area contributed by atoms with Crippen LogP contribution in [0.2, 0.25) is 0 Å². The Labute approximate surface area is 96.6 Å². The first-order chi connectivity index (χ1) is 7.66. The molecule has 0 saturated heterocycles. The molecule has 88 valence electrons. The minimum absolute atomic E-state index is 0.477. The molecule has 3 nitrogen and oxygen atoms in total. The molecule has 2 aromatic rings. The van der Waals surface area contributed by atoms with E-state index < -0.39 is 0 Å². The van der Waals surface area contributed by atoms with E-state index in [1.54, 1.807) is 0 Å². The van der Waals surface area contributed by atoms with Gasteiger partial charge in [0.1, 0.15) is 0 Å². The van der Waals surface area contributed by atoms with E-state index in [9.17, 15) is 0 Å². The van der Waals surface area contributed by atoms with Crippen LogP contribution in [0, 0.1) is 5.92 Å². The summed E-state index contributed by atoms with van der Waals surface area (Å²) in [5.74, 6) is 1.12. The number of nitrogen functional groups attached to an aromatic ring is 1. The molecule has 0 spiro atoms. The molecule has 2 N–H and O–H groups in total. The van der Waals surface area contributed by atoms with Crippen molar-refractivity contribution in [3.63, 3.8) is 0 Å². The van der Waals surface area contributed by atoms with Gasteiger partial charge in [-0.3, -0.25) is 0 Å². The van der Waals surface area contributed by atoms with E-state index in [-0.39, 0.29) is 0 Å². The lowest BCUT2D eigenvalue weighted by Gasteiger charge is -2.03. The zero-order valence-corrected chi connectivity index (χ0v) is 10.4. The molecule has 0 fully saturated rings. The third-order valence-corrected chi connectivity index (χ3v) is 2.21. The molecule has 3 heteroatoms. The minimum atomic E-state index is 0.477. The van der Waals surface area contributed by atoms with Gasteiger partial charge < -0.3 is 10.3 Å². The van der Waals surface area contributed by atoms with Gasteiger partial charge in [0.2, 0.25) is 0 Å². The van der Waals surface area contributed by atoms with Gasteiger partial charge in [-0.25, -0.2) is 0 Å². The summed E-state index contributed by atoms with van der Waals surface area (Å²) >= 11 is 0. The second-order valence-corrected chi connectivity index (χ2v) is 4.00. The average Bonchev–Trinajstić information content (AvgIpc) is 2.63. The highest BCUT2D eigenvalue weighted by atomic mass is 16.5. The Morgan fingerprint density at radius 1 is 1.31 bits per heavy atom. The van der Waals surface area contributed by atoms with E-state index in [1.807, 2.05) is 19.9 Å². The molecule has 0 aliphatic rings. The molecule has 0 aliphatic carbocycles. The Kier molecular flexibility index (Phi) is 4.35. The molecule has 1 aromatic heterocycles. The smallest absolute Gasteiger partial charge is 0.174 e. The lowest BCUT2D eigenvalue weighted by atomic mass is 10.0. The molecular weight excluding hydrogens is 200 g/mol. The quantitative estimate of drug-likeness (QED) is 0.840. The second kappa shape index (κ2) is 5.54. The summed E-state index contributed by atoms with van der Waals surface area (Å²) in [5.41, 5.74) is 7.71. The summed E-state index contributed by atoms with van der Waals surface area (Å²) in [7, 11) is 0. The maximum Gasteiger partial charge on any atom is 0.174 e. The van der Waals surface area contributed by atoms with Crippen LogP contribution >= 0.6 is 0 Å². The van der Waals surface area contributed by atoms with E-state index >= 15 is 0 Å². The van der Waals surface area contributed by atoms with Crippen LogP contribution in [-0.2, 0) is 6.42 Å². The van der Waals surface area contributed by atoms with Crippen molar-refractivity contribution < 1.29 is 4.52 Å². The Bertz CT molecular complexity index is 446. The number of aromatic nitrogens is 1. The standard InChI is InChI=1S/C11H14N2O.C2H6/c1-7(2)5-8-3-4-10-9(6-8)11(12)13-14-10;1-2/h3-4,6-7H,5H2,1-2H3,(H2,12,13);1-2H3. The second-order valence-electron chi connectivity index (χ2n) is 4.00. The van der Waals surface area contributed by atoms with E-state index in [2.05, 4.69) is 31.1 Å². The van der Waals surface area contributed by atoms with Crippen LogP contribution in [-0.4, -0.2) is 5.16 Å². The van der Waals surface area contributed by atoms with Gasteiger partial charge >= 0.3 is 0 Å². The fraction of sp³-hybridized carbons (Fsp3) is 0.462. The van der Waals surface area contributed by atoms with Crippen LogP contribution in [0.3, 0.4) is 0 Å². The third kappa shape index (κ3) is 2.75. The Hall–Kier alpha value is -1.51. The van der Waals surface area contributed by atoms with E-state index in [4.69, 9.17) is 10.3 Å². The van der Waals surface area contributed by atoms with Crippen LogP contribution in [0.25, 0.3) is 11.0 Å². The number of benzene rings is 1. The molecule has 16 heavy (non-hydrogen) atoms. The molecule has 0 saturated carbocycles. The van der Waals surface area contributed by atoms with Gasteiger partial charge in [0.25, 0.3) is 0 Å². The summed E-state index contributed by atoms with van der Waals surface area (Å²) < 4.78 is 5.03. The van der Waals surface area contributed by atoms with Crippen LogP contribution in [0.4, 0.5) is 5.82 Å². The Morgan fingerprint density at radius 3 is 2.62 bits per heavy atom. The molecule has 0 unspecified atom stereocenters. The van der Waals surface area contributed by atoms with Crippen molar-refractivity contribution in [2.24, 2.45) is 5.92 Å². The lowest BCUT2D eigenvalue weighted by Crippen LogP contribution is -1.93. The highest BCUT2D eigenvalue weighted by molar-refractivity contribution is 5.87. The van der Waals surface area contributed by atoms with Crippen molar-refractivity contribution in [2.45, 2.75) is 34.1 Å². The van der Waals surface area contributed by atoms with Gasteiger partial charge in [-0.2, -0.15) is 0 Å². The molecule has 0 amide bonds. The number of nitrogens with zero attached hydrogens (tertiary/aromatic N) is 1. The first kappa shape index (κ1) is 12.6. The third-order valence-electron chi connectivity index (χ3n) is 2.21. The van der Waals surface area contributed by atoms with Crippen LogP contribution in [0.5, 0.6) is 0 Å². The van der Waals surface area contributed by atoms with Gasteiger partial charge in [-0.1, -0.05) is 38.9 Å². The SMILES string of the molecule is CC.CC(C)Cc1ccc2onc(N)c2c1. The predicted molar refractivity (Wildman–Crippen MR) is 68.3 cm³/mol. The van der Waals surface area contributed by atoms with Crippen LogP contribution < -0.4 is 5.73 Å². The number of hydrogen-bond donors (Lipinski definition) is 1. The monoisotopic (exact) mass is 220 g/mol. The van der Waals surface area contributed by atoms with E-state index in [0.29, 0.717) is 11.7 Å². The number of fused-ring (bicyclic) bond motifs is 1. The average molecular weight is 220 g/mol. The summed E-state index contributed by atoms with van der Waals surface area (Å²) in [4.78, 5) is 0. The maximum absolute atomic E-state index is 5.67. The largest absolute Gasteiger partial charge is 0.380 e. The Morgan fingerprint density at radius 2 is 2.00 bits per heavy atom. The van der Waals surface area contributed by atoms with Gasteiger partial charge in [-0.15, -0.1) is 0 Å². The number of hydrogen-bond acceptors (Lipinski definition) is 3. The van der Waals surface area contributed by atoms with Gasteiger partial charge in [0.15, 0.2) is 11.4 Å². The highest BCUT2D eigenvalue weighted by Crippen LogP contribution is 2.22. The van der Waals surface area contributed by atoms with Crippen molar-refractivity contribution in [1.82, 2.24) is 5.16 Å². The molecular formula is C13H20N2O. The minimum Gasteiger partial charge on any atom is -0.380 e. The fourth-order valence-electron chi connectivity index (χ4n) is 1.60. The molecule has 0 radical (unpaired) electrons. The number of anilines is 1. The van der Waals surface area contributed by atoms with Gasteiger partial charge in [-0.05, 0) is 30.0 Å². The van der Waals surface area contributed by atoms with Crippen LogP contribution in [0.15, 0.2) is 22.7 Å². The molecule has 0 bridgehead atoms. The van der Waals surface area contributed by atoms with Crippen molar-refractivity contribution >= 4 is 16.8 Å². The normalized spacial score (nSPS) is 10.3. The topological polar surface area (TPSA) is 52.0 Å².